The summed E-state index contributed by atoms with van der Waals surface area (Å²) in [6.45, 7) is 9.36. The third kappa shape index (κ3) is 4.41. The van der Waals surface area contributed by atoms with Gasteiger partial charge in [0, 0.05) is 11.3 Å². The molecule has 0 fully saturated rings. The van der Waals surface area contributed by atoms with E-state index in [1.165, 1.54) is 6.20 Å². The van der Waals surface area contributed by atoms with Crippen molar-refractivity contribution in [3.05, 3.63) is 24.0 Å². The number of thiazole rings is 1. The molecule has 0 aromatic carbocycles. The molecular formula is C15H21N3O4S2. The smallest absolute Gasteiger partial charge is 0.228 e. The predicted molar refractivity (Wildman–Crippen MR) is 91.7 cm³/mol. The fourth-order valence-electron chi connectivity index (χ4n) is 1.67. The van der Waals surface area contributed by atoms with E-state index in [1.54, 1.807) is 20.0 Å². The van der Waals surface area contributed by atoms with Crippen LogP contribution in [-0.4, -0.2) is 24.3 Å². The number of aromatic nitrogens is 2. The van der Waals surface area contributed by atoms with Gasteiger partial charge in [0.15, 0.2) is 15.0 Å². The van der Waals surface area contributed by atoms with Crippen LogP contribution in [0.3, 0.4) is 0 Å². The normalized spacial score (nSPS) is 12.6. The zero-order valence-corrected chi connectivity index (χ0v) is 15.9. The molecule has 0 aliphatic rings. The van der Waals surface area contributed by atoms with Gasteiger partial charge in [-0.25, -0.2) is 18.4 Å². The van der Waals surface area contributed by atoms with Gasteiger partial charge in [-0.2, -0.15) is 0 Å². The molecule has 2 aromatic rings. The van der Waals surface area contributed by atoms with E-state index < -0.39 is 9.84 Å². The summed E-state index contributed by atoms with van der Waals surface area (Å²) in [5, 5.41) is 2.85. The molecule has 7 nitrogen and oxygen atoms in total. The molecular weight excluding hydrogens is 350 g/mol. The lowest BCUT2D eigenvalue weighted by atomic mass is 9.94. The number of nitrogens with zero attached hydrogens (tertiary/aromatic N) is 2. The number of anilines is 1. The number of rotatable bonds is 5. The molecule has 0 atom stereocenters. The average Bonchev–Trinajstić information content (AvgIpc) is 3.06. The number of amides is 1. The Labute approximate surface area is 145 Å². The lowest BCUT2D eigenvalue weighted by Gasteiger charge is -2.13. The van der Waals surface area contributed by atoms with E-state index in [-0.39, 0.29) is 38.2 Å². The van der Waals surface area contributed by atoms with Crippen LogP contribution < -0.4 is 5.32 Å². The van der Waals surface area contributed by atoms with Crippen LogP contribution in [0.2, 0.25) is 0 Å². The topological polar surface area (TPSA) is 102 Å². The quantitative estimate of drug-likeness (QED) is 0.867. The van der Waals surface area contributed by atoms with Crippen LogP contribution in [0.5, 0.6) is 0 Å². The first-order valence-electron chi connectivity index (χ1n) is 7.43. The molecule has 0 radical (unpaired) electrons. The fourth-order valence-corrected chi connectivity index (χ4v) is 3.96. The van der Waals surface area contributed by atoms with Gasteiger partial charge in [0.25, 0.3) is 0 Å². The van der Waals surface area contributed by atoms with Crippen LogP contribution in [0.1, 0.15) is 46.3 Å². The number of nitrogens with one attached hydrogen (secondary N) is 1. The maximum atomic E-state index is 12.5. The maximum absolute atomic E-state index is 12.5. The largest absolute Gasteiger partial charge is 0.444 e. The summed E-state index contributed by atoms with van der Waals surface area (Å²) >= 11 is 0.917. The number of hydrogen-bond acceptors (Lipinski definition) is 7. The molecule has 0 saturated carbocycles. The van der Waals surface area contributed by atoms with Crippen molar-refractivity contribution in [2.24, 2.45) is 5.92 Å². The molecule has 132 valence electrons. The van der Waals surface area contributed by atoms with Crippen molar-refractivity contribution >= 4 is 32.2 Å². The first kappa shape index (κ1) is 18.6. The maximum Gasteiger partial charge on any atom is 0.228 e. The van der Waals surface area contributed by atoms with Gasteiger partial charge in [0.2, 0.25) is 11.8 Å². The first-order valence-corrected chi connectivity index (χ1v) is 9.90. The molecule has 0 aliphatic heterocycles. The average molecular weight is 371 g/mol. The second kappa shape index (κ2) is 6.64. The van der Waals surface area contributed by atoms with Gasteiger partial charge in [-0.1, -0.05) is 46.0 Å². The van der Waals surface area contributed by atoms with Crippen molar-refractivity contribution in [3.8, 4) is 0 Å². The van der Waals surface area contributed by atoms with E-state index in [0.717, 1.165) is 11.3 Å². The Kier molecular flexibility index (Phi) is 5.14. The Morgan fingerprint density at radius 2 is 1.96 bits per heavy atom. The molecule has 1 N–H and O–H groups in total. The van der Waals surface area contributed by atoms with Gasteiger partial charge in [-0.05, 0) is 0 Å². The Morgan fingerprint density at radius 3 is 2.50 bits per heavy atom. The van der Waals surface area contributed by atoms with Gasteiger partial charge in [-0.15, -0.1) is 0 Å². The minimum absolute atomic E-state index is 0.0667. The van der Waals surface area contributed by atoms with Crippen LogP contribution in [0.25, 0.3) is 0 Å². The van der Waals surface area contributed by atoms with E-state index in [1.807, 2.05) is 20.8 Å². The lowest BCUT2D eigenvalue weighted by Crippen LogP contribution is -2.17. The highest BCUT2D eigenvalue weighted by molar-refractivity contribution is 7.92. The minimum Gasteiger partial charge on any atom is -0.444 e. The standard InChI is InChI=1S/C15H21N3O4S2/c1-9(2)13(19)18-14-17-7-12(23-14)24(20,21)8-11-16-6-10(22-11)15(3,4)5/h6-7,9H,8H2,1-5H3,(H,17,18,19). The van der Waals surface area contributed by atoms with E-state index in [4.69, 9.17) is 4.42 Å². The predicted octanol–water partition coefficient (Wildman–Crippen LogP) is 3.00. The number of oxazole rings is 1. The second-order valence-electron chi connectivity index (χ2n) is 6.76. The zero-order chi connectivity index (χ0) is 18.1. The molecule has 0 spiro atoms. The third-order valence-corrected chi connectivity index (χ3v) is 6.22. The minimum atomic E-state index is -3.63. The van der Waals surface area contributed by atoms with Crippen molar-refractivity contribution in [1.82, 2.24) is 9.97 Å². The van der Waals surface area contributed by atoms with E-state index in [9.17, 15) is 13.2 Å². The summed E-state index contributed by atoms with van der Waals surface area (Å²) in [6.07, 6.45) is 2.79. The summed E-state index contributed by atoms with van der Waals surface area (Å²) in [6, 6.07) is 0. The molecule has 9 heteroatoms. The molecule has 0 unspecified atom stereocenters. The molecule has 2 heterocycles. The highest BCUT2D eigenvalue weighted by atomic mass is 32.2. The van der Waals surface area contributed by atoms with Crippen molar-refractivity contribution < 1.29 is 17.6 Å². The third-order valence-electron chi connectivity index (χ3n) is 3.15. The zero-order valence-electron chi connectivity index (χ0n) is 14.3. The molecule has 2 aromatic heterocycles. The summed E-state index contributed by atoms with van der Waals surface area (Å²) in [5.74, 6) is -0.000983. The van der Waals surface area contributed by atoms with E-state index >= 15 is 0 Å². The molecule has 0 aliphatic carbocycles. The van der Waals surface area contributed by atoms with Crippen LogP contribution in [-0.2, 0) is 25.8 Å². The van der Waals surface area contributed by atoms with Gasteiger partial charge < -0.3 is 9.73 Å². The number of carbonyl (C=O) groups excluding carboxylic acids is 1. The van der Waals surface area contributed by atoms with Crippen LogP contribution in [0.15, 0.2) is 21.0 Å². The highest BCUT2D eigenvalue weighted by Crippen LogP contribution is 2.28. The Hall–Kier alpha value is -1.74. The summed E-state index contributed by atoms with van der Waals surface area (Å²) in [7, 11) is -3.63. The van der Waals surface area contributed by atoms with Gasteiger partial charge in [-0.3, -0.25) is 4.79 Å². The molecule has 0 bridgehead atoms. The van der Waals surface area contributed by atoms with Crippen LogP contribution >= 0.6 is 11.3 Å². The highest BCUT2D eigenvalue weighted by Gasteiger charge is 2.25. The number of sulfone groups is 1. The van der Waals surface area contributed by atoms with Crippen molar-refractivity contribution in [2.45, 2.75) is 50.0 Å². The number of hydrogen-bond donors (Lipinski definition) is 1. The van der Waals surface area contributed by atoms with Gasteiger partial charge in [0.05, 0.1) is 12.4 Å². The molecule has 1 amide bonds. The summed E-state index contributed by atoms with van der Waals surface area (Å²) in [5.41, 5.74) is -0.242. The Bertz CT molecular complexity index is 829. The molecule has 24 heavy (non-hydrogen) atoms. The Morgan fingerprint density at radius 1 is 1.29 bits per heavy atom. The fraction of sp³-hybridized carbons (Fsp3) is 0.533. The van der Waals surface area contributed by atoms with Gasteiger partial charge >= 0.3 is 0 Å². The molecule has 0 saturated heterocycles. The van der Waals surface area contributed by atoms with E-state index in [2.05, 4.69) is 15.3 Å². The Balaban J connectivity index is 2.15. The van der Waals surface area contributed by atoms with Crippen molar-refractivity contribution in [2.75, 3.05) is 5.32 Å². The van der Waals surface area contributed by atoms with Crippen LogP contribution in [0, 0.1) is 5.92 Å². The van der Waals surface area contributed by atoms with E-state index in [0.29, 0.717) is 5.76 Å². The van der Waals surface area contributed by atoms with Gasteiger partial charge in [0.1, 0.15) is 15.7 Å². The first-order chi connectivity index (χ1) is 11.0. The molecule has 2 rings (SSSR count). The van der Waals surface area contributed by atoms with Crippen molar-refractivity contribution in [1.29, 1.82) is 0 Å². The monoisotopic (exact) mass is 371 g/mol. The summed E-state index contributed by atoms with van der Waals surface area (Å²) in [4.78, 5) is 19.6. The lowest BCUT2D eigenvalue weighted by molar-refractivity contribution is -0.118. The SMILES string of the molecule is CC(C)C(=O)Nc1ncc(S(=O)(=O)Cc2ncc(C(C)(C)C)o2)s1. The van der Waals surface area contributed by atoms with Crippen molar-refractivity contribution in [3.63, 3.8) is 0 Å². The number of carbonyl (C=O) groups is 1. The second-order valence-corrected chi connectivity index (χ2v) is 10.0. The van der Waals surface area contributed by atoms with Crippen LogP contribution in [0.4, 0.5) is 5.13 Å². The summed E-state index contributed by atoms with van der Waals surface area (Å²) < 4.78 is 30.5.